The van der Waals surface area contributed by atoms with Crippen molar-refractivity contribution < 1.29 is 28.7 Å². The molecule has 9 heteroatoms. The lowest BCUT2D eigenvalue weighted by molar-refractivity contribution is -0.147. The molecular formula is C26H19BrClNO6. The number of anilines is 1. The third kappa shape index (κ3) is 6.15. The second-order valence-electron chi connectivity index (χ2n) is 7.83. The first-order chi connectivity index (χ1) is 16.8. The van der Waals surface area contributed by atoms with Gasteiger partial charge in [-0.25, -0.2) is 4.79 Å². The minimum atomic E-state index is -0.661. The highest BCUT2D eigenvalue weighted by Crippen LogP contribution is 2.27. The van der Waals surface area contributed by atoms with E-state index in [0.29, 0.717) is 21.8 Å². The number of ketones is 1. The van der Waals surface area contributed by atoms with Gasteiger partial charge in [0.25, 0.3) is 0 Å². The van der Waals surface area contributed by atoms with Crippen LogP contribution in [0.25, 0.3) is 0 Å². The molecule has 7 nitrogen and oxygen atoms in total. The Morgan fingerprint density at radius 3 is 2.20 bits per heavy atom. The number of nitrogens with zero attached hydrogens (tertiary/aromatic N) is 1. The number of halogens is 2. The minimum Gasteiger partial charge on any atom is -0.457 e. The van der Waals surface area contributed by atoms with E-state index in [1.54, 1.807) is 48.5 Å². The molecule has 1 amide bonds. The monoisotopic (exact) mass is 555 g/mol. The van der Waals surface area contributed by atoms with E-state index < -0.39 is 30.2 Å². The summed E-state index contributed by atoms with van der Waals surface area (Å²) < 4.78 is 11.3. The molecule has 0 aliphatic carbocycles. The van der Waals surface area contributed by atoms with E-state index in [-0.39, 0.29) is 24.6 Å². The zero-order valence-corrected chi connectivity index (χ0v) is 20.6. The SMILES string of the molecule is O=C(COC(=O)[C@H]1CC(=O)N(c2ccc(Cl)cc2)C1)c1ccc(OC(=O)c2ccc(Br)cc2)cc1. The Balaban J connectivity index is 1.28. The molecule has 0 saturated carbocycles. The molecule has 1 aliphatic rings. The van der Waals surface area contributed by atoms with Gasteiger partial charge in [0.2, 0.25) is 5.91 Å². The molecule has 0 radical (unpaired) electrons. The second kappa shape index (κ2) is 10.8. The summed E-state index contributed by atoms with van der Waals surface area (Å²) in [4.78, 5) is 50.9. The maximum Gasteiger partial charge on any atom is 0.343 e. The van der Waals surface area contributed by atoms with Gasteiger partial charge in [0, 0.05) is 33.7 Å². The topological polar surface area (TPSA) is 90.0 Å². The van der Waals surface area contributed by atoms with Crippen molar-refractivity contribution in [3.8, 4) is 5.75 Å². The summed E-state index contributed by atoms with van der Waals surface area (Å²) in [5.41, 5.74) is 1.33. The van der Waals surface area contributed by atoms with Crippen molar-refractivity contribution in [1.82, 2.24) is 0 Å². The van der Waals surface area contributed by atoms with E-state index in [1.165, 1.54) is 29.2 Å². The number of rotatable bonds is 7. The van der Waals surface area contributed by atoms with Gasteiger partial charge in [-0.05, 0) is 72.8 Å². The summed E-state index contributed by atoms with van der Waals surface area (Å²) in [6.45, 7) is -0.283. The third-order valence-corrected chi connectivity index (χ3v) is 6.19. The summed E-state index contributed by atoms with van der Waals surface area (Å²) in [5, 5.41) is 0.547. The lowest BCUT2D eigenvalue weighted by Crippen LogP contribution is -2.27. The Morgan fingerprint density at radius 1 is 0.914 bits per heavy atom. The molecule has 0 bridgehead atoms. The Bertz CT molecular complexity index is 1260. The van der Waals surface area contributed by atoms with Crippen molar-refractivity contribution in [2.24, 2.45) is 5.92 Å². The quantitative estimate of drug-likeness (QED) is 0.229. The summed E-state index contributed by atoms with van der Waals surface area (Å²) in [6, 6.07) is 19.4. The third-order valence-electron chi connectivity index (χ3n) is 5.41. The largest absolute Gasteiger partial charge is 0.457 e. The van der Waals surface area contributed by atoms with Gasteiger partial charge < -0.3 is 14.4 Å². The van der Waals surface area contributed by atoms with E-state index in [1.807, 2.05) is 0 Å². The Kier molecular flexibility index (Phi) is 7.63. The van der Waals surface area contributed by atoms with Gasteiger partial charge in [-0.15, -0.1) is 0 Å². The molecule has 3 aromatic carbocycles. The number of Topliss-reactive ketones (excluding diaryl/α,β-unsaturated/α-hetero) is 1. The van der Waals surface area contributed by atoms with Crippen LogP contribution < -0.4 is 9.64 Å². The first-order valence-electron chi connectivity index (χ1n) is 10.6. The molecule has 4 rings (SSSR count). The number of ether oxygens (including phenoxy) is 2. The van der Waals surface area contributed by atoms with E-state index in [9.17, 15) is 19.2 Å². The van der Waals surface area contributed by atoms with Crippen LogP contribution in [-0.2, 0) is 14.3 Å². The standard InChI is InChI=1S/C26H19BrClNO6/c27-19-5-1-17(2-6-19)26(33)35-22-11-3-16(4-12-22)23(30)15-34-25(32)18-13-24(31)29(14-18)21-9-7-20(28)8-10-21/h1-12,18H,13-15H2/t18-/m0/s1. The van der Waals surface area contributed by atoms with E-state index >= 15 is 0 Å². The highest BCUT2D eigenvalue weighted by Gasteiger charge is 2.36. The molecular weight excluding hydrogens is 538 g/mol. The fourth-order valence-electron chi connectivity index (χ4n) is 3.53. The van der Waals surface area contributed by atoms with E-state index in [4.69, 9.17) is 21.1 Å². The van der Waals surface area contributed by atoms with Crippen molar-refractivity contribution in [2.75, 3.05) is 18.1 Å². The molecule has 1 fully saturated rings. The summed E-state index contributed by atoms with van der Waals surface area (Å²) >= 11 is 9.19. The van der Waals surface area contributed by atoms with Crippen molar-refractivity contribution in [3.05, 3.63) is 93.4 Å². The number of carbonyl (C=O) groups is 4. The minimum absolute atomic E-state index is 0.00802. The lowest BCUT2D eigenvalue weighted by Gasteiger charge is -2.16. The van der Waals surface area contributed by atoms with Crippen molar-refractivity contribution >= 4 is 56.8 Å². The molecule has 178 valence electrons. The average Bonchev–Trinajstić information content (AvgIpc) is 3.25. The highest BCUT2D eigenvalue weighted by atomic mass is 79.9. The van der Waals surface area contributed by atoms with Crippen LogP contribution in [0.2, 0.25) is 5.02 Å². The van der Waals surface area contributed by atoms with Gasteiger partial charge in [-0.2, -0.15) is 0 Å². The predicted molar refractivity (Wildman–Crippen MR) is 133 cm³/mol. The number of amides is 1. The average molecular weight is 557 g/mol. The molecule has 1 saturated heterocycles. The normalized spacial score (nSPS) is 15.1. The lowest BCUT2D eigenvalue weighted by atomic mass is 10.1. The number of benzene rings is 3. The zero-order valence-electron chi connectivity index (χ0n) is 18.3. The van der Waals surface area contributed by atoms with Gasteiger partial charge >= 0.3 is 11.9 Å². The predicted octanol–water partition coefficient (Wildman–Crippen LogP) is 5.10. The van der Waals surface area contributed by atoms with E-state index in [2.05, 4.69) is 15.9 Å². The second-order valence-corrected chi connectivity index (χ2v) is 9.19. The Hall–Kier alpha value is -3.49. The summed E-state index contributed by atoms with van der Waals surface area (Å²) in [6.07, 6.45) is 0.00802. The van der Waals surface area contributed by atoms with Crippen LogP contribution in [0.1, 0.15) is 27.1 Å². The number of esters is 2. The van der Waals surface area contributed by atoms with Crippen LogP contribution in [-0.4, -0.2) is 36.8 Å². The van der Waals surface area contributed by atoms with E-state index in [0.717, 1.165) is 4.47 Å². The molecule has 1 heterocycles. The first-order valence-corrected chi connectivity index (χ1v) is 11.8. The maximum absolute atomic E-state index is 12.5. The van der Waals surface area contributed by atoms with Gasteiger partial charge in [0.05, 0.1) is 11.5 Å². The number of hydrogen-bond donors (Lipinski definition) is 0. The first kappa shape index (κ1) is 24.6. The molecule has 0 N–H and O–H groups in total. The van der Waals surface area contributed by atoms with Crippen molar-refractivity contribution in [1.29, 1.82) is 0 Å². The van der Waals surface area contributed by atoms with Crippen LogP contribution in [0.4, 0.5) is 5.69 Å². The zero-order chi connectivity index (χ0) is 24.9. The fourth-order valence-corrected chi connectivity index (χ4v) is 3.93. The van der Waals surface area contributed by atoms with Crippen LogP contribution in [0.15, 0.2) is 77.3 Å². The van der Waals surface area contributed by atoms with Crippen molar-refractivity contribution in [2.45, 2.75) is 6.42 Å². The molecule has 35 heavy (non-hydrogen) atoms. The number of carbonyl (C=O) groups excluding carboxylic acids is 4. The Morgan fingerprint density at radius 2 is 1.54 bits per heavy atom. The van der Waals surface area contributed by atoms with Crippen LogP contribution in [0.5, 0.6) is 5.75 Å². The summed E-state index contributed by atoms with van der Waals surface area (Å²) in [7, 11) is 0. The molecule has 0 unspecified atom stereocenters. The van der Waals surface area contributed by atoms with Gasteiger partial charge in [0.15, 0.2) is 12.4 Å². The molecule has 1 aliphatic heterocycles. The Labute approximate surface area is 214 Å². The van der Waals surface area contributed by atoms with Gasteiger partial charge in [-0.1, -0.05) is 27.5 Å². The highest BCUT2D eigenvalue weighted by molar-refractivity contribution is 9.10. The number of hydrogen-bond acceptors (Lipinski definition) is 6. The van der Waals surface area contributed by atoms with Crippen LogP contribution in [0, 0.1) is 5.92 Å². The van der Waals surface area contributed by atoms with Crippen molar-refractivity contribution in [3.63, 3.8) is 0 Å². The smallest absolute Gasteiger partial charge is 0.343 e. The molecule has 0 aromatic heterocycles. The van der Waals surface area contributed by atoms with Gasteiger partial charge in [0.1, 0.15) is 5.75 Å². The molecule has 3 aromatic rings. The van der Waals surface area contributed by atoms with Crippen LogP contribution in [0.3, 0.4) is 0 Å². The van der Waals surface area contributed by atoms with Crippen LogP contribution >= 0.6 is 27.5 Å². The maximum atomic E-state index is 12.5. The van der Waals surface area contributed by atoms with Gasteiger partial charge in [-0.3, -0.25) is 14.4 Å². The fraction of sp³-hybridized carbons (Fsp3) is 0.154. The molecule has 1 atom stereocenters. The summed E-state index contributed by atoms with van der Waals surface area (Å²) in [5.74, 6) is -2.13. The molecule has 0 spiro atoms.